The largest absolute Gasteiger partial charge is 0.460 e. The zero-order valence-electron chi connectivity index (χ0n) is 9.60. The lowest BCUT2D eigenvalue weighted by atomic mass is 10.3. The summed E-state index contributed by atoms with van der Waals surface area (Å²) in [6, 6.07) is 1.26. The smallest absolute Gasteiger partial charge is 0.350 e. The number of H-pyrrole nitrogens is 1. The van der Waals surface area contributed by atoms with E-state index in [0.29, 0.717) is 0 Å². The van der Waals surface area contributed by atoms with Crippen LogP contribution in [0.2, 0.25) is 0 Å². The SMILES string of the molecule is CN(CC(F)(F)F)c1cc(-c2nc(=O)o[nH]2)ncn1. The van der Waals surface area contributed by atoms with Crippen molar-refractivity contribution in [1.82, 2.24) is 20.1 Å². The third-order valence-corrected chi connectivity index (χ3v) is 2.14. The van der Waals surface area contributed by atoms with Crippen LogP contribution in [-0.4, -0.2) is 39.9 Å². The Bertz CT molecular complexity index is 621. The van der Waals surface area contributed by atoms with E-state index in [4.69, 9.17) is 0 Å². The Kier molecular flexibility index (Phi) is 3.23. The Morgan fingerprint density at radius 2 is 2.16 bits per heavy atom. The first-order valence-corrected chi connectivity index (χ1v) is 5.01. The molecule has 19 heavy (non-hydrogen) atoms. The van der Waals surface area contributed by atoms with Gasteiger partial charge < -0.3 is 9.42 Å². The Balaban J connectivity index is 2.27. The molecule has 0 bridgehead atoms. The summed E-state index contributed by atoms with van der Waals surface area (Å²) in [5, 5.41) is 2.21. The minimum absolute atomic E-state index is 0.0223. The fourth-order valence-corrected chi connectivity index (χ4v) is 1.37. The Morgan fingerprint density at radius 1 is 1.42 bits per heavy atom. The average Bonchev–Trinajstić information content (AvgIpc) is 2.74. The molecule has 10 heteroatoms. The summed E-state index contributed by atoms with van der Waals surface area (Å²) in [4.78, 5) is 22.6. The second-order valence-corrected chi connectivity index (χ2v) is 3.66. The lowest BCUT2D eigenvalue weighted by Gasteiger charge is -2.19. The molecule has 0 saturated carbocycles. The minimum atomic E-state index is -4.35. The van der Waals surface area contributed by atoms with Gasteiger partial charge in [-0.25, -0.2) is 14.8 Å². The molecular formula is C9H8F3N5O2. The molecular weight excluding hydrogens is 267 g/mol. The second kappa shape index (κ2) is 4.71. The Morgan fingerprint density at radius 3 is 2.74 bits per heavy atom. The van der Waals surface area contributed by atoms with Gasteiger partial charge in [-0.05, 0) is 0 Å². The van der Waals surface area contributed by atoms with Crippen LogP contribution < -0.4 is 10.7 Å². The first-order chi connectivity index (χ1) is 8.85. The van der Waals surface area contributed by atoms with Gasteiger partial charge in [0.15, 0.2) is 5.82 Å². The third-order valence-electron chi connectivity index (χ3n) is 2.14. The van der Waals surface area contributed by atoms with E-state index in [1.54, 1.807) is 0 Å². The number of aromatic amines is 1. The van der Waals surface area contributed by atoms with Crippen molar-refractivity contribution in [2.45, 2.75) is 6.18 Å². The maximum absolute atomic E-state index is 12.3. The Labute approximate surface area is 104 Å². The van der Waals surface area contributed by atoms with E-state index in [1.165, 1.54) is 13.1 Å². The van der Waals surface area contributed by atoms with Crippen molar-refractivity contribution in [2.24, 2.45) is 0 Å². The summed E-state index contributed by atoms with van der Waals surface area (Å²) in [6.45, 7) is -1.15. The molecule has 2 heterocycles. The topological polar surface area (TPSA) is 87.9 Å². The summed E-state index contributed by atoms with van der Waals surface area (Å²) in [5.74, 6) is -0.779. The number of nitrogens with zero attached hydrogens (tertiary/aromatic N) is 4. The molecule has 0 spiro atoms. The van der Waals surface area contributed by atoms with Crippen molar-refractivity contribution < 1.29 is 17.7 Å². The summed E-state index contributed by atoms with van der Waals surface area (Å²) in [7, 11) is 1.24. The predicted octanol–water partition coefficient (Wildman–Crippen LogP) is 0.818. The van der Waals surface area contributed by atoms with Crippen molar-refractivity contribution >= 4 is 5.82 Å². The maximum Gasteiger partial charge on any atom is 0.460 e. The van der Waals surface area contributed by atoms with Gasteiger partial charge in [0, 0.05) is 13.1 Å². The van der Waals surface area contributed by atoms with Crippen LogP contribution in [0.25, 0.3) is 11.5 Å². The number of halogens is 3. The fraction of sp³-hybridized carbons (Fsp3) is 0.333. The first-order valence-electron chi connectivity index (χ1n) is 5.01. The van der Waals surface area contributed by atoms with Gasteiger partial charge in [-0.15, -0.1) is 0 Å². The Hall–Kier alpha value is -2.39. The van der Waals surface area contributed by atoms with Gasteiger partial charge in [0.2, 0.25) is 0 Å². The number of hydrogen-bond donors (Lipinski definition) is 1. The van der Waals surface area contributed by atoms with Gasteiger partial charge in [0.25, 0.3) is 0 Å². The molecule has 0 aliphatic rings. The van der Waals surface area contributed by atoms with Crippen LogP contribution in [-0.2, 0) is 0 Å². The van der Waals surface area contributed by atoms with Crippen molar-refractivity contribution in [1.29, 1.82) is 0 Å². The summed E-state index contributed by atoms with van der Waals surface area (Å²) >= 11 is 0. The molecule has 0 radical (unpaired) electrons. The van der Waals surface area contributed by atoms with Crippen LogP contribution in [0.3, 0.4) is 0 Å². The van der Waals surface area contributed by atoms with Gasteiger partial charge in [-0.3, -0.25) is 0 Å². The zero-order chi connectivity index (χ0) is 14.0. The molecule has 1 N–H and O–H groups in total. The van der Waals surface area contributed by atoms with E-state index >= 15 is 0 Å². The van der Waals surface area contributed by atoms with Crippen LogP contribution in [0, 0.1) is 0 Å². The average molecular weight is 275 g/mol. The molecule has 102 valence electrons. The molecule has 7 nitrogen and oxygen atoms in total. The summed E-state index contributed by atoms with van der Waals surface area (Å²) in [5.41, 5.74) is 0.157. The van der Waals surface area contributed by atoms with E-state index in [1.807, 2.05) is 0 Å². The van der Waals surface area contributed by atoms with Crippen LogP contribution >= 0.6 is 0 Å². The van der Waals surface area contributed by atoms with Crippen molar-refractivity contribution in [3.8, 4) is 11.5 Å². The lowest BCUT2D eigenvalue weighted by Crippen LogP contribution is -2.31. The molecule has 2 aromatic heterocycles. The molecule has 0 aliphatic heterocycles. The van der Waals surface area contributed by atoms with Gasteiger partial charge in [-0.2, -0.15) is 23.3 Å². The maximum atomic E-state index is 12.3. The quantitative estimate of drug-likeness (QED) is 0.892. The second-order valence-electron chi connectivity index (χ2n) is 3.66. The number of aromatic nitrogens is 4. The van der Waals surface area contributed by atoms with Gasteiger partial charge in [0.1, 0.15) is 24.4 Å². The molecule has 0 amide bonds. The molecule has 0 unspecified atom stereocenters. The zero-order valence-corrected chi connectivity index (χ0v) is 9.60. The van der Waals surface area contributed by atoms with Gasteiger partial charge in [-0.1, -0.05) is 0 Å². The molecule has 0 saturated heterocycles. The third kappa shape index (κ3) is 3.30. The summed E-state index contributed by atoms with van der Waals surface area (Å²) in [6.07, 6.45) is -3.27. The normalized spacial score (nSPS) is 11.6. The highest BCUT2D eigenvalue weighted by atomic mass is 19.4. The standard InChI is InChI=1S/C9H8F3N5O2/c1-17(3-9(10,11)12)6-2-5(13-4-14-6)7-15-8(18)19-16-7/h2,4H,3H2,1H3,(H,15,16,18). The van der Waals surface area contributed by atoms with Crippen LogP contribution in [0.5, 0.6) is 0 Å². The highest BCUT2D eigenvalue weighted by Gasteiger charge is 2.30. The molecule has 2 rings (SSSR count). The highest BCUT2D eigenvalue weighted by molar-refractivity contribution is 5.54. The molecule has 0 aromatic carbocycles. The molecule has 0 fully saturated rings. The molecule has 0 atom stereocenters. The number of nitrogens with one attached hydrogen (secondary N) is 1. The van der Waals surface area contributed by atoms with Gasteiger partial charge in [0.05, 0.1) is 0 Å². The molecule has 0 aliphatic carbocycles. The van der Waals surface area contributed by atoms with Crippen LogP contribution in [0.15, 0.2) is 21.7 Å². The van der Waals surface area contributed by atoms with Crippen LogP contribution in [0.4, 0.5) is 19.0 Å². The lowest BCUT2D eigenvalue weighted by molar-refractivity contribution is -0.119. The van der Waals surface area contributed by atoms with Crippen LogP contribution in [0.1, 0.15) is 0 Å². The number of anilines is 1. The van der Waals surface area contributed by atoms with Crippen molar-refractivity contribution in [3.63, 3.8) is 0 Å². The molecule has 2 aromatic rings. The van der Waals surface area contributed by atoms with E-state index in [-0.39, 0.29) is 17.3 Å². The van der Waals surface area contributed by atoms with E-state index in [2.05, 4.69) is 24.6 Å². The highest BCUT2D eigenvalue weighted by Crippen LogP contribution is 2.21. The minimum Gasteiger partial charge on any atom is -0.350 e. The van der Waals surface area contributed by atoms with E-state index in [0.717, 1.165) is 11.2 Å². The number of hydrogen-bond acceptors (Lipinski definition) is 6. The number of alkyl halides is 3. The monoisotopic (exact) mass is 275 g/mol. The fourth-order valence-electron chi connectivity index (χ4n) is 1.37. The van der Waals surface area contributed by atoms with E-state index in [9.17, 15) is 18.0 Å². The number of rotatable bonds is 3. The summed E-state index contributed by atoms with van der Waals surface area (Å²) < 4.78 is 41.1. The van der Waals surface area contributed by atoms with Gasteiger partial charge >= 0.3 is 11.9 Å². The van der Waals surface area contributed by atoms with Crippen molar-refractivity contribution in [2.75, 3.05) is 18.5 Å². The van der Waals surface area contributed by atoms with Crippen molar-refractivity contribution in [3.05, 3.63) is 22.9 Å². The van der Waals surface area contributed by atoms with E-state index < -0.39 is 18.5 Å². The first kappa shape index (κ1) is 13.1. The predicted molar refractivity (Wildman–Crippen MR) is 57.5 cm³/mol.